The van der Waals surface area contributed by atoms with Crippen LogP contribution in [0.1, 0.15) is 43.6 Å². The molecule has 0 aliphatic carbocycles. The average Bonchev–Trinajstić information content (AvgIpc) is 3.48. The van der Waals surface area contributed by atoms with E-state index < -0.39 is 0 Å². The predicted octanol–water partition coefficient (Wildman–Crippen LogP) is 4.65. The zero-order chi connectivity index (χ0) is 24.4. The Balaban J connectivity index is 1.36. The van der Waals surface area contributed by atoms with Crippen molar-refractivity contribution < 1.29 is 9.59 Å². The van der Waals surface area contributed by atoms with Gasteiger partial charge in [0.15, 0.2) is 11.6 Å². The standard InChI is InChI=1S/C27H22N6O2/c1-17-5-3-7-20(29-17)10-12-23-22-11-9-19(16-24(22)32-31-23)25(34)18-6-4-8-21(15-18)30-27(35)26-28-13-14-33(26)2/h3-16H,1-2H3,(H,30,35)(H,31,32)/b12-10+. The van der Waals surface area contributed by atoms with E-state index in [9.17, 15) is 9.59 Å². The number of hydrogen-bond acceptors (Lipinski definition) is 5. The van der Waals surface area contributed by atoms with Crippen molar-refractivity contribution in [3.63, 3.8) is 0 Å². The van der Waals surface area contributed by atoms with Crippen LogP contribution in [-0.2, 0) is 7.05 Å². The van der Waals surface area contributed by atoms with Crippen LogP contribution in [0.25, 0.3) is 23.1 Å². The highest BCUT2D eigenvalue weighted by Crippen LogP contribution is 2.22. The molecule has 172 valence electrons. The van der Waals surface area contributed by atoms with Crippen molar-refractivity contribution in [3.8, 4) is 0 Å². The fraction of sp³-hybridized carbons (Fsp3) is 0.0741. The number of imidazole rings is 1. The molecule has 0 saturated heterocycles. The fourth-order valence-corrected chi connectivity index (χ4v) is 3.81. The number of fused-ring (bicyclic) bond motifs is 1. The van der Waals surface area contributed by atoms with Gasteiger partial charge in [-0.05, 0) is 55.5 Å². The topological polar surface area (TPSA) is 106 Å². The largest absolute Gasteiger partial charge is 0.330 e. The number of carbonyl (C=O) groups excluding carboxylic acids is 2. The molecule has 2 aromatic carbocycles. The lowest BCUT2D eigenvalue weighted by Gasteiger charge is -2.07. The Hall–Kier alpha value is -4.85. The quantitative estimate of drug-likeness (QED) is 0.357. The molecule has 0 unspecified atom stereocenters. The second-order valence-corrected chi connectivity index (χ2v) is 8.13. The number of ketones is 1. The van der Waals surface area contributed by atoms with Crippen molar-refractivity contribution in [2.75, 3.05) is 5.32 Å². The summed E-state index contributed by atoms with van der Waals surface area (Å²) in [5, 5.41) is 11.1. The molecule has 35 heavy (non-hydrogen) atoms. The first-order valence-corrected chi connectivity index (χ1v) is 11.0. The molecule has 2 N–H and O–H groups in total. The van der Waals surface area contributed by atoms with Crippen LogP contribution in [0.2, 0.25) is 0 Å². The van der Waals surface area contributed by atoms with Crippen molar-refractivity contribution >= 4 is 40.4 Å². The maximum Gasteiger partial charge on any atom is 0.291 e. The second kappa shape index (κ2) is 9.18. The van der Waals surface area contributed by atoms with Crippen LogP contribution in [0.15, 0.2) is 73.1 Å². The van der Waals surface area contributed by atoms with Crippen molar-refractivity contribution in [3.05, 3.63) is 107 Å². The van der Waals surface area contributed by atoms with Crippen LogP contribution in [0.4, 0.5) is 5.69 Å². The summed E-state index contributed by atoms with van der Waals surface area (Å²) in [6, 6.07) is 18.1. The molecule has 0 aliphatic heterocycles. The van der Waals surface area contributed by atoms with E-state index >= 15 is 0 Å². The summed E-state index contributed by atoms with van der Waals surface area (Å²) < 4.78 is 1.63. The highest BCUT2D eigenvalue weighted by Gasteiger charge is 2.15. The first kappa shape index (κ1) is 22.0. The number of H-pyrrole nitrogens is 1. The van der Waals surface area contributed by atoms with E-state index in [1.165, 1.54) is 0 Å². The number of nitrogens with one attached hydrogen (secondary N) is 2. The van der Waals surface area contributed by atoms with Crippen LogP contribution >= 0.6 is 0 Å². The fourth-order valence-electron chi connectivity index (χ4n) is 3.81. The van der Waals surface area contributed by atoms with Gasteiger partial charge in [0.2, 0.25) is 0 Å². The Morgan fingerprint density at radius 2 is 1.83 bits per heavy atom. The molecule has 1 amide bonds. The number of carbonyl (C=O) groups is 2. The SMILES string of the molecule is Cc1cccc(/C=C/c2n[nH]c3cc(C(=O)c4cccc(NC(=O)c5nccn5C)c4)ccc23)n1. The molecule has 3 aromatic heterocycles. The monoisotopic (exact) mass is 462 g/mol. The van der Waals surface area contributed by atoms with Gasteiger partial charge in [0, 0.05) is 47.3 Å². The van der Waals surface area contributed by atoms with Gasteiger partial charge in [0.1, 0.15) is 0 Å². The number of pyridine rings is 1. The lowest BCUT2D eigenvalue weighted by atomic mass is 10.0. The van der Waals surface area contributed by atoms with E-state index in [0.717, 1.165) is 28.0 Å². The number of rotatable bonds is 6. The number of aromatic amines is 1. The molecule has 0 spiro atoms. The summed E-state index contributed by atoms with van der Waals surface area (Å²) in [6.45, 7) is 1.95. The minimum Gasteiger partial charge on any atom is -0.330 e. The molecule has 8 heteroatoms. The zero-order valence-corrected chi connectivity index (χ0v) is 19.2. The van der Waals surface area contributed by atoms with Gasteiger partial charge >= 0.3 is 0 Å². The molecule has 5 rings (SSSR count). The Labute approximate surface area is 201 Å². The predicted molar refractivity (Wildman–Crippen MR) is 135 cm³/mol. The Kier molecular flexibility index (Phi) is 5.76. The van der Waals surface area contributed by atoms with Crippen LogP contribution < -0.4 is 5.32 Å². The first-order valence-electron chi connectivity index (χ1n) is 11.0. The lowest BCUT2D eigenvalue weighted by Crippen LogP contribution is -2.17. The van der Waals surface area contributed by atoms with Crippen molar-refractivity contribution in [1.82, 2.24) is 24.7 Å². The number of amides is 1. The molecule has 0 atom stereocenters. The molecule has 0 saturated carbocycles. The minimum absolute atomic E-state index is 0.157. The normalized spacial score (nSPS) is 11.3. The van der Waals surface area contributed by atoms with Crippen LogP contribution in [0.3, 0.4) is 0 Å². The Morgan fingerprint density at radius 1 is 1.00 bits per heavy atom. The molecule has 8 nitrogen and oxygen atoms in total. The van der Waals surface area contributed by atoms with Gasteiger partial charge < -0.3 is 9.88 Å². The molecular weight excluding hydrogens is 440 g/mol. The van der Waals surface area contributed by atoms with Gasteiger partial charge in [-0.3, -0.25) is 19.7 Å². The maximum absolute atomic E-state index is 13.2. The van der Waals surface area contributed by atoms with Gasteiger partial charge in [0.05, 0.1) is 16.9 Å². The van der Waals surface area contributed by atoms with Gasteiger partial charge in [-0.2, -0.15) is 5.10 Å². The number of benzene rings is 2. The molecule has 0 bridgehead atoms. The number of aromatic nitrogens is 5. The Morgan fingerprint density at radius 3 is 2.63 bits per heavy atom. The highest BCUT2D eigenvalue weighted by molar-refractivity contribution is 6.11. The van der Waals surface area contributed by atoms with Crippen LogP contribution in [0, 0.1) is 6.92 Å². The van der Waals surface area contributed by atoms with Crippen molar-refractivity contribution in [2.24, 2.45) is 7.05 Å². The molecule has 5 aromatic rings. The Bertz CT molecular complexity index is 1590. The van der Waals surface area contributed by atoms with Gasteiger partial charge in [-0.25, -0.2) is 4.98 Å². The summed E-state index contributed by atoms with van der Waals surface area (Å²) >= 11 is 0. The molecular formula is C27H22N6O2. The maximum atomic E-state index is 13.2. The summed E-state index contributed by atoms with van der Waals surface area (Å²) in [7, 11) is 1.74. The summed E-state index contributed by atoms with van der Waals surface area (Å²) in [5.74, 6) is -0.215. The van der Waals surface area contributed by atoms with E-state index in [1.54, 1.807) is 60.4 Å². The number of anilines is 1. The molecule has 0 radical (unpaired) electrons. The third-order valence-corrected chi connectivity index (χ3v) is 5.58. The van der Waals surface area contributed by atoms with E-state index in [-0.39, 0.29) is 17.5 Å². The second-order valence-electron chi connectivity index (χ2n) is 8.13. The molecule has 0 fully saturated rings. The van der Waals surface area contributed by atoms with Crippen LogP contribution in [0.5, 0.6) is 0 Å². The molecule has 0 aliphatic rings. The van der Waals surface area contributed by atoms with Gasteiger partial charge in [0.25, 0.3) is 5.91 Å². The van der Waals surface area contributed by atoms with E-state index in [2.05, 4.69) is 25.5 Å². The number of hydrogen-bond donors (Lipinski definition) is 2. The summed E-state index contributed by atoms with van der Waals surface area (Å²) in [5.41, 5.74) is 4.82. The van der Waals surface area contributed by atoms with E-state index in [0.29, 0.717) is 16.8 Å². The third-order valence-electron chi connectivity index (χ3n) is 5.58. The minimum atomic E-state index is -0.345. The number of aryl methyl sites for hydroxylation is 2. The highest BCUT2D eigenvalue weighted by atomic mass is 16.2. The van der Waals surface area contributed by atoms with E-state index in [1.807, 2.05) is 43.3 Å². The zero-order valence-electron chi connectivity index (χ0n) is 19.2. The van der Waals surface area contributed by atoms with Crippen LogP contribution in [-0.4, -0.2) is 36.4 Å². The lowest BCUT2D eigenvalue weighted by molar-refractivity contribution is 0.101. The van der Waals surface area contributed by atoms with Gasteiger partial charge in [-0.15, -0.1) is 0 Å². The van der Waals surface area contributed by atoms with Crippen molar-refractivity contribution in [2.45, 2.75) is 6.92 Å². The van der Waals surface area contributed by atoms with E-state index in [4.69, 9.17) is 0 Å². The van der Waals surface area contributed by atoms with Gasteiger partial charge in [-0.1, -0.05) is 24.3 Å². The summed E-state index contributed by atoms with van der Waals surface area (Å²) in [6.07, 6.45) is 7.06. The third kappa shape index (κ3) is 4.63. The average molecular weight is 463 g/mol. The molecule has 3 heterocycles. The number of nitrogens with zero attached hydrogens (tertiary/aromatic N) is 4. The van der Waals surface area contributed by atoms with Crippen molar-refractivity contribution in [1.29, 1.82) is 0 Å². The summed E-state index contributed by atoms with van der Waals surface area (Å²) in [4.78, 5) is 34.1. The first-order chi connectivity index (χ1) is 17.0. The smallest absolute Gasteiger partial charge is 0.291 e.